The van der Waals surface area contributed by atoms with E-state index in [0.717, 1.165) is 55.2 Å². The minimum Gasteiger partial charge on any atom is -0.496 e. The second kappa shape index (κ2) is 10.5. The third kappa shape index (κ3) is 5.73. The highest BCUT2D eigenvalue weighted by molar-refractivity contribution is 5.94. The van der Waals surface area contributed by atoms with Crippen LogP contribution in [-0.4, -0.2) is 41.0 Å². The van der Waals surface area contributed by atoms with Crippen molar-refractivity contribution in [1.29, 1.82) is 0 Å². The normalized spacial score (nSPS) is 14.8. The van der Waals surface area contributed by atoms with Gasteiger partial charge in [0, 0.05) is 30.8 Å². The van der Waals surface area contributed by atoms with Crippen LogP contribution in [0.4, 0.5) is 4.39 Å². The SMILES string of the molecule is COc1ccccc1CNC(=O)c1cnc(C2CCN(Cc3ccc(F)cc3)CC2)nc1C. The van der Waals surface area contributed by atoms with Crippen LogP contribution in [0.15, 0.2) is 54.7 Å². The lowest BCUT2D eigenvalue weighted by molar-refractivity contribution is 0.0949. The van der Waals surface area contributed by atoms with Gasteiger partial charge in [-0.25, -0.2) is 14.4 Å². The van der Waals surface area contributed by atoms with E-state index in [4.69, 9.17) is 4.74 Å². The molecule has 0 aliphatic carbocycles. The molecule has 3 aromatic rings. The number of aryl methyl sites for hydroxylation is 1. The number of benzene rings is 2. The third-order valence-corrected chi connectivity index (χ3v) is 6.15. The maximum Gasteiger partial charge on any atom is 0.254 e. The highest BCUT2D eigenvalue weighted by atomic mass is 19.1. The van der Waals surface area contributed by atoms with E-state index in [-0.39, 0.29) is 17.6 Å². The number of ether oxygens (including phenoxy) is 1. The number of aromatic nitrogens is 2. The Hall–Kier alpha value is -3.32. The van der Waals surface area contributed by atoms with E-state index in [2.05, 4.69) is 20.2 Å². The number of hydrogen-bond acceptors (Lipinski definition) is 5. The average molecular weight is 449 g/mol. The summed E-state index contributed by atoms with van der Waals surface area (Å²) in [6, 6.07) is 14.3. The Morgan fingerprint density at radius 1 is 1.15 bits per heavy atom. The molecule has 1 saturated heterocycles. The van der Waals surface area contributed by atoms with Gasteiger partial charge in [0.1, 0.15) is 17.4 Å². The molecule has 0 atom stereocenters. The average Bonchev–Trinajstić information content (AvgIpc) is 2.84. The van der Waals surface area contributed by atoms with Crippen molar-refractivity contribution in [3.05, 3.63) is 88.8 Å². The zero-order chi connectivity index (χ0) is 23.2. The van der Waals surface area contributed by atoms with E-state index in [1.54, 1.807) is 13.3 Å². The topological polar surface area (TPSA) is 67.3 Å². The molecule has 2 heterocycles. The van der Waals surface area contributed by atoms with Crippen LogP contribution in [0.5, 0.6) is 5.75 Å². The standard InChI is InChI=1S/C26H29FN4O2/c1-18-23(26(32)29-15-21-5-3-4-6-24(21)33-2)16-28-25(30-18)20-11-13-31(14-12-20)17-19-7-9-22(27)10-8-19/h3-10,16,20H,11-15,17H2,1-2H3,(H,29,32). The van der Waals surface area contributed by atoms with Crippen molar-refractivity contribution < 1.29 is 13.9 Å². The summed E-state index contributed by atoms with van der Waals surface area (Å²) in [5, 5.41) is 2.93. The molecule has 1 amide bonds. The fourth-order valence-electron chi connectivity index (χ4n) is 4.22. The maximum atomic E-state index is 13.1. The van der Waals surface area contributed by atoms with Gasteiger partial charge in [-0.15, -0.1) is 0 Å². The number of piperidine rings is 1. The summed E-state index contributed by atoms with van der Waals surface area (Å²) < 4.78 is 18.5. The molecule has 0 bridgehead atoms. The second-order valence-electron chi connectivity index (χ2n) is 8.40. The number of methoxy groups -OCH3 is 1. The lowest BCUT2D eigenvalue weighted by atomic mass is 9.95. The van der Waals surface area contributed by atoms with Crippen molar-refractivity contribution in [1.82, 2.24) is 20.2 Å². The number of hydrogen-bond donors (Lipinski definition) is 1. The summed E-state index contributed by atoms with van der Waals surface area (Å²) in [5.74, 6) is 1.42. The first-order valence-electron chi connectivity index (χ1n) is 11.2. The minimum absolute atomic E-state index is 0.195. The van der Waals surface area contributed by atoms with Gasteiger partial charge in [-0.2, -0.15) is 0 Å². The minimum atomic E-state index is -0.207. The smallest absolute Gasteiger partial charge is 0.254 e. The Bertz CT molecular complexity index is 1100. The quantitative estimate of drug-likeness (QED) is 0.586. The summed E-state index contributed by atoms with van der Waals surface area (Å²) in [6.45, 7) is 4.92. The van der Waals surface area contributed by atoms with Gasteiger partial charge in [0.05, 0.1) is 18.4 Å². The number of para-hydroxylation sites is 1. The van der Waals surface area contributed by atoms with E-state index in [0.29, 0.717) is 17.8 Å². The summed E-state index contributed by atoms with van der Waals surface area (Å²) in [5.41, 5.74) is 3.20. The van der Waals surface area contributed by atoms with Crippen LogP contribution in [0.1, 0.15) is 51.8 Å². The Kier molecular flexibility index (Phi) is 7.29. The van der Waals surface area contributed by atoms with Gasteiger partial charge in [-0.1, -0.05) is 30.3 Å². The number of carbonyl (C=O) groups excluding carboxylic acids is 1. The monoisotopic (exact) mass is 448 g/mol. The van der Waals surface area contributed by atoms with Crippen molar-refractivity contribution in [3.63, 3.8) is 0 Å². The molecular weight excluding hydrogens is 419 g/mol. The molecule has 6 nitrogen and oxygen atoms in total. The van der Waals surface area contributed by atoms with Crippen molar-refractivity contribution in [2.45, 2.75) is 38.8 Å². The molecule has 33 heavy (non-hydrogen) atoms. The molecule has 7 heteroatoms. The molecule has 0 radical (unpaired) electrons. The van der Waals surface area contributed by atoms with Crippen LogP contribution >= 0.6 is 0 Å². The predicted molar refractivity (Wildman–Crippen MR) is 125 cm³/mol. The number of carbonyl (C=O) groups is 1. The molecule has 1 aliphatic heterocycles. The third-order valence-electron chi connectivity index (χ3n) is 6.15. The highest BCUT2D eigenvalue weighted by Crippen LogP contribution is 2.27. The lowest BCUT2D eigenvalue weighted by Gasteiger charge is -2.31. The number of amides is 1. The number of halogens is 1. The van der Waals surface area contributed by atoms with Gasteiger partial charge in [-0.3, -0.25) is 9.69 Å². The van der Waals surface area contributed by atoms with E-state index in [1.165, 1.54) is 12.1 Å². The van der Waals surface area contributed by atoms with Gasteiger partial charge in [-0.05, 0) is 56.6 Å². The molecule has 172 valence electrons. The zero-order valence-corrected chi connectivity index (χ0v) is 19.1. The largest absolute Gasteiger partial charge is 0.496 e. The molecule has 2 aromatic carbocycles. The van der Waals surface area contributed by atoms with Gasteiger partial charge < -0.3 is 10.1 Å². The molecule has 0 spiro atoms. The van der Waals surface area contributed by atoms with Crippen molar-refractivity contribution >= 4 is 5.91 Å². The van der Waals surface area contributed by atoms with E-state index in [1.807, 2.05) is 43.3 Å². The molecule has 1 fully saturated rings. The fourth-order valence-corrected chi connectivity index (χ4v) is 4.22. The molecule has 1 N–H and O–H groups in total. The summed E-state index contributed by atoms with van der Waals surface area (Å²) >= 11 is 0. The maximum absolute atomic E-state index is 13.1. The predicted octanol–water partition coefficient (Wildman–Crippen LogP) is 4.24. The van der Waals surface area contributed by atoms with Crippen LogP contribution in [-0.2, 0) is 13.1 Å². The van der Waals surface area contributed by atoms with Crippen LogP contribution in [0, 0.1) is 12.7 Å². The number of nitrogens with zero attached hydrogens (tertiary/aromatic N) is 3. The zero-order valence-electron chi connectivity index (χ0n) is 19.1. The fraction of sp³-hybridized carbons (Fsp3) is 0.346. The molecular formula is C26H29FN4O2. The number of nitrogens with one attached hydrogen (secondary N) is 1. The second-order valence-corrected chi connectivity index (χ2v) is 8.40. The van der Waals surface area contributed by atoms with Gasteiger partial charge in [0.15, 0.2) is 0 Å². The Labute approximate surface area is 193 Å². The first-order valence-corrected chi connectivity index (χ1v) is 11.2. The Balaban J connectivity index is 1.32. The number of rotatable bonds is 7. The van der Waals surface area contributed by atoms with Crippen molar-refractivity contribution in [3.8, 4) is 5.75 Å². The van der Waals surface area contributed by atoms with E-state index in [9.17, 15) is 9.18 Å². The first kappa shape index (κ1) is 22.9. The highest BCUT2D eigenvalue weighted by Gasteiger charge is 2.24. The van der Waals surface area contributed by atoms with Crippen LogP contribution in [0.25, 0.3) is 0 Å². The van der Waals surface area contributed by atoms with E-state index < -0.39 is 0 Å². The van der Waals surface area contributed by atoms with Crippen molar-refractivity contribution in [2.75, 3.05) is 20.2 Å². The number of likely N-dealkylation sites (tertiary alicyclic amines) is 1. The molecule has 4 rings (SSSR count). The van der Waals surface area contributed by atoms with Crippen LogP contribution < -0.4 is 10.1 Å². The van der Waals surface area contributed by atoms with Crippen LogP contribution in [0.3, 0.4) is 0 Å². The Morgan fingerprint density at radius 2 is 1.88 bits per heavy atom. The first-order chi connectivity index (χ1) is 16.0. The summed E-state index contributed by atoms with van der Waals surface area (Å²) in [4.78, 5) is 24.3. The molecule has 1 aromatic heterocycles. The molecule has 0 unspecified atom stereocenters. The van der Waals surface area contributed by atoms with Crippen LogP contribution in [0.2, 0.25) is 0 Å². The molecule has 0 saturated carbocycles. The van der Waals surface area contributed by atoms with Gasteiger partial charge in [0.25, 0.3) is 5.91 Å². The summed E-state index contributed by atoms with van der Waals surface area (Å²) in [7, 11) is 1.62. The Morgan fingerprint density at radius 3 is 2.58 bits per heavy atom. The lowest BCUT2D eigenvalue weighted by Crippen LogP contribution is -2.33. The molecule has 1 aliphatic rings. The van der Waals surface area contributed by atoms with Crippen molar-refractivity contribution in [2.24, 2.45) is 0 Å². The van der Waals surface area contributed by atoms with E-state index >= 15 is 0 Å². The van der Waals surface area contributed by atoms with Gasteiger partial charge >= 0.3 is 0 Å². The van der Waals surface area contributed by atoms with Gasteiger partial charge in [0.2, 0.25) is 0 Å². The summed E-state index contributed by atoms with van der Waals surface area (Å²) in [6.07, 6.45) is 3.56.